The summed E-state index contributed by atoms with van der Waals surface area (Å²) >= 11 is 1.23. The highest BCUT2D eigenvalue weighted by Gasteiger charge is 2.23. The van der Waals surface area contributed by atoms with Crippen molar-refractivity contribution in [3.05, 3.63) is 81.7 Å². The molecule has 0 aliphatic carbocycles. The Balaban J connectivity index is 1.92. The number of carbonyl (C=O) groups excluding carboxylic acids is 2. The van der Waals surface area contributed by atoms with E-state index in [9.17, 15) is 14.9 Å². The first-order chi connectivity index (χ1) is 16.4. The normalized spacial score (nSPS) is 11.2. The number of hydrogen-bond donors (Lipinski definition) is 1. The number of rotatable bonds is 8. The van der Waals surface area contributed by atoms with Gasteiger partial charge >= 0.3 is 5.97 Å². The summed E-state index contributed by atoms with van der Waals surface area (Å²) < 4.78 is 5.27. The molecular weight excluding hydrogens is 444 g/mol. The van der Waals surface area contributed by atoms with Crippen LogP contribution in [-0.2, 0) is 16.0 Å². The number of nitrogens with zero attached hydrogens (tertiary/aromatic N) is 1. The molecule has 0 saturated heterocycles. The molecular formula is C28H28N2O3S. The molecule has 2 aromatic carbocycles. The van der Waals surface area contributed by atoms with E-state index in [-0.39, 0.29) is 12.2 Å². The van der Waals surface area contributed by atoms with Gasteiger partial charge in [-0.2, -0.15) is 5.26 Å². The summed E-state index contributed by atoms with van der Waals surface area (Å²) in [7, 11) is 0. The van der Waals surface area contributed by atoms with Gasteiger partial charge in [-0.25, -0.2) is 4.79 Å². The second-order valence-electron chi connectivity index (χ2n) is 8.07. The average molecular weight is 473 g/mol. The summed E-state index contributed by atoms with van der Waals surface area (Å²) in [5, 5.41) is 14.5. The number of ether oxygens (including phenoxy) is 1. The van der Waals surface area contributed by atoms with Crippen molar-refractivity contribution in [1.82, 2.24) is 0 Å². The van der Waals surface area contributed by atoms with Gasteiger partial charge in [-0.05, 0) is 47.6 Å². The quantitative estimate of drug-likeness (QED) is 0.221. The van der Waals surface area contributed by atoms with Crippen LogP contribution in [0, 0.1) is 11.3 Å². The number of esters is 1. The van der Waals surface area contributed by atoms with Gasteiger partial charge in [-0.1, -0.05) is 69.3 Å². The molecule has 0 aliphatic heterocycles. The molecule has 0 unspecified atom stereocenters. The molecule has 0 radical (unpaired) electrons. The fourth-order valence-electron chi connectivity index (χ4n) is 3.45. The van der Waals surface area contributed by atoms with Crippen molar-refractivity contribution in [2.24, 2.45) is 0 Å². The second kappa shape index (κ2) is 11.4. The molecule has 0 bridgehead atoms. The van der Waals surface area contributed by atoms with Crippen molar-refractivity contribution >= 4 is 34.3 Å². The topological polar surface area (TPSA) is 79.2 Å². The summed E-state index contributed by atoms with van der Waals surface area (Å²) in [4.78, 5) is 25.7. The first kappa shape index (κ1) is 24.9. The Morgan fingerprint density at radius 2 is 1.76 bits per heavy atom. The van der Waals surface area contributed by atoms with Crippen molar-refractivity contribution in [2.75, 3.05) is 11.9 Å². The SMILES string of the molecule is CCOC(=O)c1c(-c2ccc(CC)cc2)csc1NC(=O)/C(C#N)=C/c1ccc(C(C)C)cc1. The highest BCUT2D eigenvalue weighted by atomic mass is 32.1. The summed E-state index contributed by atoms with van der Waals surface area (Å²) in [6.07, 6.45) is 2.46. The minimum Gasteiger partial charge on any atom is -0.462 e. The number of nitrogens with one attached hydrogen (secondary N) is 1. The van der Waals surface area contributed by atoms with Gasteiger partial charge in [-0.15, -0.1) is 11.3 Å². The standard InChI is InChI=1S/C28H28N2O3S/c1-5-19-7-13-22(14-8-19)24-17-34-27(25(24)28(32)33-6-2)30-26(31)23(16-29)15-20-9-11-21(12-10-20)18(3)4/h7-15,17-18H,5-6H2,1-4H3,(H,30,31)/b23-15+. The Hall–Kier alpha value is -3.69. The van der Waals surface area contributed by atoms with Crippen molar-refractivity contribution in [2.45, 2.75) is 40.0 Å². The summed E-state index contributed by atoms with van der Waals surface area (Å²) in [5.41, 5.74) is 4.92. The van der Waals surface area contributed by atoms with Gasteiger partial charge in [0.2, 0.25) is 0 Å². The van der Waals surface area contributed by atoms with Crippen LogP contribution in [0.2, 0.25) is 0 Å². The largest absolute Gasteiger partial charge is 0.462 e. The van der Waals surface area contributed by atoms with E-state index >= 15 is 0 Å². The number of anilines is 1. The lowest BCUT2D eigenvalue weighted by molar-refractivity contribution is -0.112. The Morgan fingerprint density at radius 1 is 1.09 bits per heavy atom. The smallest absolute Gasteiger partial charge is 0.341 e. The molecule has 3 aromatic rings. The van der Waals surface area contributed by atoms with Crippen LogP contribution in [0.4, 0.5) is 5.00 Å². The fourth-order valence-corrected chi connectivity index (χ4v) is 4.40. The van der Waals surface area contributed by atoms with Crippen LogP contribution in [0.25, 0.3) is 17.2 Å². The van der Waals surface area contributed by atoms with Crippen LogP contribution in [0.1, 0.15) is 60.7 Å². The number of hydrogen-bond acceptors (Lipinski definition) is 5. The van der Waals surface area contributed by atoms with E-state index in [1.54, 1.807) is 13.0 Å². The summed E-state index contributed by atoms with van der Waals surface area (Å²) in [5.74, 6) is -0.694. The first-order valence-corrected chi connectivity index (χ1v) is 12.2. The molecule has 1 amide bonds. The fraction of sp³-hybridized carbons (Fsp3) is 0.250. The van der Waals surface area contributed by atoms with Gasteiger partial charge < -0.3 is 10.1 Å². The Kier molecular flexibility index (Phi) is 8.39. The maximum Gasteiger partial charge on any atom is 0.341 e. The lowest BCUT2D eigenvalue weighted by Crippen LogP contribution is -2.16. The zero-order valence-electron chi connectivity index (χ0n) is 19.8. The average Bonchev–Trinajstić information content (AvgIpc) is 3.26. The van der Waals surface area contributed by atoms with E-state index in [0.717, 1.165) is 17.5 Å². The van der Waals surface area contributed by atoms with Crippen molar-refractivity contribution in [3.63, 3.8) is 0 Å². The molecule has 5 nitrogen and oxygen atoms in total. The summed E-state index contributed by atoms with van der Waals surface area (Å²) in [6.45, 7) is 8.24. The van der Waals surface area contributed by atoms with Gasteiger partial charge in [0.1, 0.15) is 22.2 Å². The lowest BCUT2D eigenvalue weighted by Gasteiger charge is -2.09. The minimum absolute atomic E-state index is 0.0469. The van der Waals surface area contributed by atoms with Gasteiger partial charge in [0.15, 0.2) is 0 Å². The zero-order valence-corrected chi connectivity index (χ0v) is 20.7. The zero-order chi connectivity index (χ0) is 24.7. The van der Waals surface area contributed by atoms with E-state index in [1.165, 1.54) is 22.5 Å². The van der Waals surface area contributed by atoms with E-state index in [0.29, 0.717) is 22.0 Å². The van der Waals surface area contributed by atoms with Crippen molar-refractivity contribution in [3.8, 4) is 17.2 Å². The number of benzene rings is 2. The molecule has 3 rings (SSSR count). The van der Waals surface area contributed by atoms with Gasteiger partial charge in [0, 0.05) is 10.9 Å². The monoisotopic (exact) mass is 472 g/mol. The minimum atomic E-state index is -0.573. The summed E-state index contributed by atoms with van der Waals surface area (Å²) in [6, 6.07) is 17.6. The molecule has 0 saturated carbocycles. The van der Waals surface area contributed by atoms with Crippen LogP contribution in [0.3, 0.4) is 0 Å². The van der Waals surface area contributed by atoms with Gasteiger partial charge in [0.05, 0.1) is 6.61 Å². The Morgan fingerprint density at radius 3 is 2.32 bits per heavy atom. The van der Waals surface area contributed by atoms with E-state index in [4.69, 9.17) is 4.74 Å². The molecule has 1 N–H and O–H groups in total. The van der Waals surface area contributed by atoms with Crippen molar-refractivity contribution < 1.29 is 14.3 Å². The Labute approximate surface area is 204 Å². The molecule has 0 spiro atoms. The molecule has 0 atom stereocenters. The molecule has 6 heteroatoms. The number of amides is 1. The van der Waals surface area contributed by atoms with Crippen molar-refractivity contribution in [1.29, 1.82) is 5.26 Å². The first-order valence-electron chi connectivity index (χ1n) is 11.3. The van der Waals surface area contributed by atoms with Gasteiger partial charge in [-0.3, -0.25) is 4.79 Å². The highest BCUT2D eigenvalue weighted by Crippen LogP contribution is 2.36. The molecule has 34 heavy (non-hydrogen) atoms. The lowest BCUT2D eigenvalue weighted by atomic mass is 10.0. The van der Waals surface area contributed by atoms with Crippen LogP contribution < -0.4 is 5.32 Å². The Bertz CT molecular complexity index is 1230. The predicted molar refractivity (Wildman–Crippen MR) is 138 cm³/mol. The van der Waals surface area contributed by atoms with Gasteiger partial charge in [0.25, 0.3) is 5.91 Å². The predicted octanol–water partition coefficient (Wildman–Crippen LogP) is 6.82. The van der Waals surface area contributed by atoms with Crippen LogP contribution in [-0.4, -0.2) is 18.5 Å². The third-order valence-electron chi connectivity index (χ3n) is 5.45. The second-order valence-corrected chi connectivity index (χ2v) is 8.95. The molecule has 1 aromatic heterocycles. The van der Waals surface area contributed by atoms with E-state index < -0.39 is 11.9 Å². The van der Waals surface area contributed by atoms with E-state index in [1.807, 2.05) is 60.0 Å². The van der Waals surface area contributed by atoms with Crippen LogP contribution >= 0.6 is 11.3 Å². The molecule has 1 heterocycles. The number of nitriles is 1. The van der Waals surface area contributed by atoms with Crippen LogP contribution in [0.5, 0.6) is 0 Å². The highest BCUT2D eigenvalue weighted by molar-refractivity contribution is 7.15. The third-order valence-corrected chi connectivity index (χ3v) is 6.35. The molecule has 0 fully saturated rings. The maximum absolute atomic E-state index is 12.9. The number of carbonyl (C=O) groups is 2. The number of thiophene rings is 1. The molecule has 0 aliphatic rings. The third kappa shape index (κ3) is 5.81. The van der Waals surface area contributed by atoms with Crippen LogP contribution in [0.15, 0.2) is 59.5 Å². The number of aryl methyl sites for hydroxylation is 1. The maximum atomic E-state index is 12.9. The molecule has 174 valence electrons. The van der Waals surface area contributed by atoms with E-state index in [2.05, 4.69) is 26.1 Å².